The SMILES string of the molecule is O=C(c1ccc(Cl)cc1)c1ccccc1Oc1ccccc1. The molecule has 2 nitrogen and oxygen atoms in total. The molecule has 0 spiro atoms. The minimum atomic E-state index is -0.0943. The first-order chi connectivity index (χ1) is 10.7. The second-order valence-corrected chi connectivity index (χ2v) is 5.18. The summed E-state index contributed by atoms with van der Waals surface area (Å²) in [6.07, 6.45) is 0. The zero-order valence-corrected chi connectivity index (χ0v) is 12.5. The molecular formula is C19H13ClO2. The first-order valence-electron chi connectivity index (χ1n) is 6.86. The van der Waals surface area contributed by atoms with Crippen molar-refractivity contribution >= 4 is 17.4 Å². The Balaban J connectivity index is 1.94. The van der Waals surface area contributed by atoms with Crippen LogP contribution in [-0.2, 0) is 0 Å². The summed E-state index contributed by atoms with van der Waals surface area (Å²) in [5.41, 5.74) is 1.10. The van der Waals surface area contributed by atoms with Crippen LogP contribution in [0.5, 0.6) is 11.5 Å². The third-order valence-corrected chi connectivity index (χ3v) is 3.46. The van der Waals surface area contributed by atoms with Gasteiger partial charge in [0.25, 0.3) is 0 Å². The fourth-order valence-electron chi connectivity index (χ4n) is 2.12. The van der Waals surface area contributed by atoms with Crippen molar-refractivity contribution in [3.05, 3.63) is 95.0 Å². The van der Waals surface area contributed by atoms with Crippen molar-refractivity contribution in [1.82, 2.24) is 0 Å². The van der Waals surface area contributed by atoms with Gasteiger partial charge in [0.15, 0.2) is 5.78 Å². The summed E-state index contributed by atoms with van der Waals surface area (Å²) in [5, 5.41) is 0.602. The Morgan fingerprint density at radius 2 is 1.41 bits per heavy atom. The molecule has 0 bridgehead atoms. The van der Waals surface area contributed by atoms with E-state index in [-0.39, 0.29) is 5.78 Å². The van der Waals surface area contributed by atoms with E-state index in [1.807, 2.05) is 42.5 Å². The van der Waals surface area contributed by atoms with E-state index in [0.717, 1.165) is 0 Å². The Labute approximate surface area is 133 Å². The van der Waals surface area contributed by atoms with E-state index in [1.54, 1.807) is 36.4 Å². The second-order valence-electron chi connectivity index (χ2n) is 4.75. The minimum absolute atomic E-state index is 0.0943. The average Bonchev–Trinajstić information content (AvgIpc) is 2.56. The molecule has 3 heteroatoms. The van der Waals surface area contributed by atoms with E-state index in [4.69, 9.17) is 16.3 Å². The van der Waals surface area contributed by atoms with Gasteiger partial charge in [-0.3, -0.25) is 4.79 Å². The maximum Gasteiger partial charge on any atom is 0.196 e. The summed E-state index contributed by atoms with van der Waals surface area (Å²) >= 11 is 5.86. The van der Waals surface area contributed by atoms with Crippen LogP contribution >= 0.6 is 11.6 Å². The van der Waals surface area contributed by atoms with Gasteiger partial charge in [0.2, 0.25) is 0 Å². The van der Waals surface area contributed by atoms with Crippen LogP contribution in [0.25, 0.3) is 0 Å². The lowest BCUT2D eigenvalue weighted by Gasteiger charge is -2.10. The van der Waals surface area contributed by atoms with Crippen molar-refractivity contribution in [3.63, 3.8) is 0 Å². The van der Waals surface area contributed by atoms with Gasteiger partial charge < -0.3 is 4.74 Å². The number of ether oxygens (including phenoxy) is 1. The summed E-state index contributed by atoms with van der Waals surface area (Å²) < 4.78 is 5.83. The van der Waals surface area contributed by atoms with Gasteiger partial charge in [-0.1, -0.05) is 41.9 Å². The lowest BCUT2D eigenvalue weighted by molar-refractivity contribution is 0.103. The number of benzene rings is 3. The van der Waals surface area contributed by atoms with Crippen LogP contribution in [0, 0.1) is 0 Å². The van der Waals surface area contributed by atoms with Crippen molar-refractivity contribution < 1.29 is 9.53 Å². The third-order valence-electron chi connectivity index (χ3n) is 3.21. The number of hydrogen-bond donors (Lipinski definition) is 0. The Bertz CT molecular complexity index is 780. The molecule has 0 fully saturated rings. The van der Waals surface area contributed by atoms with Crippen LogP contribution in [0.3, 0.4) is 0 Å². The predicted octanol–water partition coefficient (Wildman–Crippen LogP) is 5.36. The van der Waals surface area contributed by atoms with Gasteiger partial charge in [-0.25, -0.2) is 0 Å². The predicted molar refractivity (Wildman–Crippen MR) is 87.8 cm³/mol. The molecule has 0 aliphatic rings. The van der Waals surface area contributed by atoms with Crippen LogP contribution in [0.4, 0.5) is 0 Å². The average molecular weight is 309 g/mol. The molecule has 0 amide bonds. The van der Waals surface area contributed by atoms with Crippen LogP contribution in [0.2, 0.25) is 5.02 Å². The molecule has 0 aromatic heterocycles. The number of halogens is 1. The maximum atomic E-state index is 12.6. The van der Waals surface area contributed by atoms with Gasteiger partial charge in [0.05, 0.1) is 5.56 Å². The summed E-state index contributed by atoms with van der Waals surface area (Å²) in [6, 6.07) is 23.4. The second kappa shape index (κ2) is 6.46. The van der Waals surface area contributed by atoms with Gasteiger partial charge in [-0.15, -0.1) is 0 Å². The van der Waals surface area contributed by atoms with Gasteiger partial charge >= 0.3 is 0 Å². The zero-order chi connectivity index (χ0) is 15.4. The Morgan fingerprint density at radius 1 is 0.773 bits per heavy atom. The van der Waals surface area contributed by atoms with Gasteiger partial charge in [-0.2, -0.15) is 0 Å². The lowest BCUT2D eigenvalue weighted by Crippen LogP contribution is -2.03. The summed E-state index contributed by atoms with van der Waals surface area (Å²) in [6.45, 7) is 0. The molecule has 0 atom stereocenters. The van der Waals surface area contributed by atoms with E-state index in [1.165, 1.54) is 0 Å². The van der Waals surface area contributed by atoms with Crippen LogP contribution in [0.15, 0.2) is 78.9 Å². The van der Waals surface area contributed by atoms with Gasteiger partial charge in [0.1, 0.15) is 11.5 Å². The molecule has 0 saturated carbocycles. The number of carbonyl (C=O) groups excluding carboxylic acids is 1. The monoisotopic (exact) mass is 308 g/mol. The Morgan fingerprint density at radius 3 is 2.14 bits per heavy atom. The molecule has 0 unspecified atom stereocenters. The topological polar surface area (TPSA) is 26.3 Å². The minimum Gasteiger partial charge on any atom is -0.457 e. The number of ketones is 1. The van der Waals surface area contributed by atoms with E-state index < -0.39 is 0 Å². The van der Waals surface area contributed by atoms with E-state index in [2.05, 4.69) is 0 Å². The fourth-order valence-corrected chi connectivity index (χ4v) is 2.24. The highest BCUT2D eigenvalue weighted by molar-refractivity contribution is 6.30. The number of rotatable bonds is 4. The third kappa shape index (κ3) is 3.18. The standard InChI is InChI=1S/C19H13ClO2/c20-15-12-10-14(11-13-15)19(21)17-8-4-5-9-18(17)22-16-6-2-1-3-7-16/h1-13H. The number of hydrogen-bond acceptors (Lipinski definition) is 2. The van der Waals surface area contributed by atoms with Crippen molar-refractivity contribution in [1.29, 1.82) is 0 Å². The molecule has 3 rings (SSSR count). The van der Waals surface area contributed by atoms with E-state index in [0.29, 0.717) is 27.6 Å². The first-order valence-corrected chi connectivity index (χ1v) is 7.24. The van der Waals surface area contributed by atoms with Crippen LogP contribution in [0.1, 0.15) is 15.9 Å². The number of carbonyl (C=O) groups is 1. The molecule has 0 N–H and O–H groups in total. The molecular weight excluding hydrogens is 296 g/mol. The highest BCUT2D eigenvalue weighted by Crippen LogP contribution is 2.27. The zero-order valence-electron chi connectivity index (χ0n) is 11.7. The Hall–Kier alpha value is -2.58. The van der Waals surface area contributed by atoms with Crippen LogP contribution < -0.4 is 4.74 Å². The first kappa shape index (κ1) is 14.4. The van der Waals surface area contributed by atoms with E-state index >= 15 is 0 Å². The highest BCUT2D eigenvalue weighted by Gasteiger charge is 2.14. The summed E-state index contributed by atoms with van der Waals surface area (Å²) in [5.74, 6) is 1.13. The van der Waals surface area contributed by atoms with Gasteiger partial charge in [0, 0.05) is 10.6 Å². The Kier molecular flexibility index (Phi) is 4.22. The van der Waals surface area contributed by atoms with Crippen molar-refractivity contribution in [2.45, 2.75) is 0 Å². The summed E-state index contributed by atoms with van der Waals surface area (Å²) in [7, 11) is 0. The molecule has 0 aliphatic heterocycles. The molecule has 108 valence electrons. The molecule has 3 aromatic carbocycles. The molecule has 0 aliphatic carbocycles. The number of para-hydroxylation sites is 2. The molecule has 0 heterocycles. The molecule has 3 aromatic rings. The van der Waals surface area contributed by atoms with E-state index in [9.17, 15) is 4.79 Å². The largest absolute Gasteiger partial charge is 0.457 e. The van der Waals surface area contributed by atoms with Gasteiger partial charge in [-0.05, 0) is 48.5 Å². The van der Waals surface area contributed by atoms with Crippen molar-refractivity contribution in [2.75, 3.05) is 0 Å². The van der Waals surface area contributed by atoms with Crippen molar-refractivity contribution in [2.24, 2.45) is 0 Å². The maximum absolute atomic E-state index is 12.6. The lowest BCUT2D eigenvalue weighted by atomic mass is 10.0. The molecule has 0 radical (unpaired) electrons. The van der Waals surface area contributed by atoms with Crippen LogP contribution in [-0.4, -0.2) is 5.78 Å². The normalized spacial score (nSPS) is 10.2. The molecule has 0 saturated heterocycles. The highest BCUT2D eigenvalue weighted by atomic mass is 35.5. The summed E-state index contributed by atoms with van der Waals surface area (Å²) in [4.78, 5) is 12.6. The fraction of sp³-hybridized carbons (Fsp3) is 0. The van der Waals surface area contributed by atoms with Crippen molar-refractivity contribution in [3.8, 4) is 11.5 Å². The molecule has 22 heavy (non-hydrogen) atoms. The quantitative estimate of drug-likeness (QED) is 0.606. The smallest absolute Gasteiger partial charge is 0.196 e.